The number of rotatable bonds is 3. The molecule has 0 spiro atoms. The Labute approximate surface area is 93.6 Å². The van der Waals surface area contributed by atoms with E-state index in [1.54, 1.807) is 12.1 Å². The lowest BCUT2D eigenvalue weighted by molar-refractivity contribution is 0.0940. The predicted molar refractivity (Wildman–Crippen MR) is 59.5 cm³/mol. The van der Waals surface area contributed by atoms with Crippen LogP contribution < -0.4 is 16.6 Å². The monoisotopic (exact) mass is 221 g/mol. The number of carbonyl (C=O) groups is 1. The highest BCUT2D eigenvalue weighted by atomic mass is 16.2. The van der Waals surface area contributed by atoms with E-state index in [2.05, 4.69) is 34.8 Å². The molecule has 1 aromatic heterocycles. The molecule has 0 saturated heterocycles. The van der Waals surface area contributed by atoms with Gasteiger partial charge in [-0.1, -0.05) is 13.8 Å². The van der Waals surface area contributed by atoms with Gasteiger partial charge in [-0.05, 0) is 24.0 Å². The summed E-state index contributed by atoms with van der Waals surface area (Å²) in [5.74, 6) is 5.39. The molecule has 1 aliphatic carbocycles. The SMILES string of the molecule is CC1(C)CC1NC(=O)c1ccc(NN)nn1. The van der Waals surface area contributed by atoms with Crippen LogP contribution in [0.5, 0.6) is 0 Å². The lowest BCUT2D eigenvalue weighted by Crippen LogP contribution is -2.29. The molecule has 1 unspecified atom stereocenters. The Morgan fingerprint density at radius 3 is 2.62 bits per heavy atom. The minimum Gasteiger partial charge on any atom is -0.347 e. The number of nitrogen functional groups attached to an aromatic ring is 1. The van der Waals surface area contributed by atoms with Crippen molar-refractivity contribution in [3.05, 3.63) is 17.8 Å². The molecule has 1 aromatic rings. The van der Waals surface area contributed by atoms with Gasteiger partial charge in [0.2, 0.25) is 0 Å². The summed E-state index contributed by atoms with van der Waals surface area (Å²) in [5, 5.41) is 10.4. The Balaban J connectivity index is 1.99. The molecule has 1 heterocycles. The third kappa shape index (κ3) is 2.11. The number of hydrazine groups is 1. The summed E-state index contributed by atoms with van der Waals surface area (Å²) in [6.45, 7) is 4.23. The molecule has 1 aliphatic rings. The average molecular weight is 221 g/mol. The number of anilines is 1. The number of nitrogens with one attached hydrogen (secondary N) is 2. The van der Waals surface area contributed by atoms with E-state index in [0.29, 0.717) is 11.5 Å². The Bertz CT molecular complexity index is 400. The second-order valence-electron chi connectivity index (χ2n) is 4.67. The average Bonchev–Trinajstić information content (AvgIpc) is 2.86. The molecule has 4 N–H and O–H groups in total. The van der Waals surface area contributed by atoms with E-state index >= 15 is 0 Å². The van der Waals surface area contributed by atoms with Crippen LogP contribution in [0, 0.1) is 5.41 Å². The fourth-order valence-electron chi connectivity index (χ4n) is 1.48. The zero-order valence-electron chi connectivity index (χ0n) is 9.32. The summed E-state index contributed by atoms with van der Waals surface area (Å²) in [4.78, 5) is 11.7. The van der Waals surface area contributed by atoms with E-state index in [1.165, 1.54) is 0 Å². The zero-order chi connectivity index (χ0) is 11.8. The standard InChI is InChI=1S/C10H15N5O/c1-10(2)5-7(10)12-9(16)6-3-4-8(13-11)15-14-6/h3-4,7H,5,11H2,1-2H3,(H,12,16)(H,13,15). The van der Waals surface area contributed by atoms with Crippen molar-refractivity contribution in [3.63, 3.8) is 0 Å². The topological polar surface area (TPSA) is 92.9 Å². The second kappa shape index (κ2) is 3.71. The Morgan fingerprint density at radius 1 is 1.50 bits per heavy atom. The molecule has 0 aromatic carbocycles. The summed E-state index contributed by atoms with van der Waals surface area (Å²) in [6.07, 6.45) is 1.01. The van der Waals surface area contributed by atoms with Crippen LogP contribution in [-0.4, -0.2) is 22.1 Å². The molecule has 16 heavy (non-hydrogen) atoms. The van der Waals surface area contributed by atoms with Crippen molar-refractivity contribution in [2.24, 2.45) is 11.3 Å². The Hall–Kier alpha value is -1.69. The minimum atomic E-state index is -0.188. The van der Waals surface area contributed by atoms with Crippen molar-refractivity contribution in [2.75, 3.05) is 5.43 Å². The van der Waals surface area contributed by atoms with Crippen molar-refractivity contribution in [3.8, 4) is 0 Å². The van der Waals surface area contributed by atoms with E-state index in [4.69, 9.17) is 5.84 Å². The van der Waals surface area contributed by atoms with Crippen molar-refractivity contribution >= 4 is 11.7 Å². The fraction of sp³-hybridized carbons (Fsp3) is 0.500. The molecule has 1 saturated carbocycles. The van der Waals surface area contributed by atoms with Gasteiger partial charge in [0.05, 0.1) is 0 Å². The third-order valence-electron chi connectivity index (χ3n) is 2.86. The maximum Gasteiger partial charge on any atom is 0.272 e. The summed E-state index contributed by atoms with van der Waals surface area (Å²) in [7, 11) is 0. The van der Waals surface area contributed by atoms with Gasteiger partial charge in [-0.2, -0.15) is 0 Å². The Kier molecular flexibility index (Phi) is 2.51. The zero-order valence-corrected chi connectivity index (χ0v) is 9.32. The molecular formula is C10H15N5O. The lowest BCUT2D eigenvalue weighted by Gasteiger charge is -2.06. The fourth-order valence-corrected chi connectivity index (χ4v) is 1.48. The van der Waals surface area contributed by atoms with Gasteiger partial charge >= 0.3 is 0 Å². The quantitative estimate of drug-likeness (QED) is 0.504. The second-order valence-corrected chi connectivity index (χ2v) is 4.67. The maximum absolute atomic E-state index is 11.7. The summed E-state index contributed by atoms with van der Waals surface area (Å²) >= 11 is 0. The Morgan fingerprint density at radius 2 is 2.19 bits per heavy atom. The molecule has 6 heteroatoms. The van der Waals surface area contributed by atoms with E-state index in [-0.39, 0.29) is 17.4 Å². The van der Waals surface area contributed by atoms with Crippen LogP contribution in [0.1, 0.15) is 30.8 Å². The first kappa shape index (κ1) is 10.8. The number of nitrogens with two attached hydrogens (primary N) is 1. The molecular weight excluding hydrogens is 206 g/mol. The van der Waals surface area contributed by atoms with Crippen LogP contribution in [0.4, 0.5) is 5.82 Å². The van der Waals surface area contributed by atoms with Gasteiger partial charge in [-0.3, -0.25) is 4.79 Å². The number of hydrogen-bond acceptors (Lipinski definition) is 5. The van der Waals surface area contributed by atoms with Gasteiger partial charge < -0.3 is 10.7 Å². The number of nitrogens with zero attached hydrogens (tertiary/aromatic N) is 2. The van der Waals surface area contributed by atoms with Crippen LogP contribution in [0.15, 0.2) is 12.1 Å². The van der Waals surface area contributed by atoms with Crippen molar-refractivity contribution in [1.82, 2.24) is 15.5 Å². The molecule has 1 atom stereocenters. The highest BCUT2D eigenvalue weighted by molar-refractivity contribution is 5.92. The number of carbonyl (C=O) groups excluding carboxylic acids is 1. The third-order valence-corrected chi connectivity index (χ3v) is 2.86. The van der Waals surface area contributed by atoms with Crippen LogP contribution in [-0.2, 0) is 0 Å². The van der Waals surface area contributed by atoms with Crippen molar-refractivity contribution < 1.29 is 4.79 Å². The molecule has 1 amide bonds. The summed E-state index contributed by atoms with van der Waals surface area (Å²) < 4.78 is 0. The molecule has 0 radical (unpaired) electrons. The molecule has 0 aliphatic heterocycles. The van der Waals surface area contributed by atoms with Crippen LogP contribution >= 0.6 is 0 Å². The minimum absolute atomic E-state index is 0.188. The molecule has 6 nitrogen and oxygen atoms in total. The highest BCUT2D eigenvalue weighted by Gasteiger charge is 2.46. The van der Waals surface area contributed by atoms with Gasteiger partial charge in [0.25, 0.3) is 5.91 Å². The maximum atomic E-state index is 11.7. The predicted octanol–water partition coefficient (Wildman–Crippen LogP) is 0.290. The molecule has 1 fully saturated rings. The van der Waals surface area contributed by atoms with Crippen molar-refractivity contribution in [2.45, 2.75) is 26.3 Å². The van der Waals surface area contributed by atoms with E-state index < -0.39 is 0 Å². The van der Waals surface area contributed by atoms with Crippen LogP contribution in [0.2, 0.25) is 0 Å². The van der Waals surface area contributed by atoms with Gasteiger partial charge in [-0.15, -0.1) is 10.2 Å². The first-order valence-corrected chi connectivity index (χ1v) is 5.14. The summed E-state index contributed by atoms with van der Waals surface area (Å²) in [6, 6.07) is 3.45. The smallest absolute Gasteiger partial charge is 0.272 e. The van der Waals surface area contributed by atoms with Gasteiger partial charge in [0.15, 0.2) is 11.5 Å². The van der Waals surface area contributed by atoms with Gasteiger partial charge in [0.1, 0.15) is 0 Å². The highest BCUT2D eigenvalue weighted by Crippen LogP contribution is 2.44. The van der Waals surface area contributed by atoms with Crippen LogP contribution in [0.3, 0.4) is 0 Å². The van der Waals surface area contributed by atoms with Crippen molar-refractivity contribution in [1.29, 1.82) is 0 Å². The van der Waals surface area contributed by atoms with E-state index in [9.17, 15) is 4.79 Å². The van der Waals surface area contributed by atoms with Gasteiger partial charge in [0, 0.05) is 6.04 Å². The first-order chi connectivity index (χ1) is 7.53. The largest absolute Gasteiger partial charge is 0.347 e. The number of aromatic nitrogens is 2. The van der Waals surface area contributed by atoms with Crippen LogP contribution in [0.25, 0.3) is 0 Å². The normalized spacial score (nSPS) is 21.3. The van der Waals surface area contributed by atoms with Gasteiger partial charge in [-0.25, -0.2) is 5.84 Å². The molecule has 0 bridgehead atoms. The lowest BCUT2D eigenvalue weighted by atomic mass is 10.2. The summed E-state index contributed by atoms with van der Waals surface area (Å²) in [5.41, 5.74) is 2.87. The van der Waals surface area contributed by atoms with E-state index in [1.807, 2.05) is 0 Å². The molecule has 2 rings (SSSR count). The molecule has 86 valence electrons. The number of hydrogen-bond donors (Lipinski definition) is 3. The number of amides is 1. The van der Waals surface area contributed by atoms with E-state index in [0.717, 1.165) is 6.42 Å². The first-order valence-electron chi connectivity index (χ1n) is 5.14.